The molecule has 0 unspecified atom stereocenters. The maximum atomic E-state index is 9.27. The molecule has 2 heterocycles. The van der Waals surface area contributed by atoms with Gasteiger partial charge in [-0.3, -0.25) is 4.98 Å². The van der Waals surface area contributed by atoms with Gasteiger partial charge in [0, 0.05) is 34.0 Å². The Kier molecular flexibility index (Phi) is 7.80. The van der Waals surface area contributed by atoms with Crippen LogP contribution in [0.5, 0.6) is 0 Å². The Labute approximate surface area is 335 Å². The molecule has 1 aliphatic rings. The summed E-state index contributed by atoms with van der Waals surface area (Å²) in [5.74, 6) is 1.92. The van der Waals surface area contributed by atoms with Crippen LogP contribution < -0.4 is 0 Å². The zero-order valence-corrected chi connectivity index (χ0v) is 31.1. The van der Waals surface area contributed by atoms with Gasteiger partial charge in [0.1, 0.15) is 0 Å². The van der Waals surface area contributed by atoms with Crippen LogP contribution in [0.1, 0.15) is 5.56 Å². The van der Waals surface area contributed by atoms with Crippen LogP contribution in [0, 0.1) is 11.3 Å². The topological polar surface area (TPSA) is 75.3 Å². The number of fused-ring (bicyclic) bond motifs is 4. The molecule has 8 aromatic carbocycles. The number of nitriles is 1. The van der Waals surface area contributed by atoms with Gasteiger partial charge in [-0.1, -0.05) is 152 Å². The number of hydrogen-bond acceptors (Lipinski definition) is 5. The lowest BCUT2D eigenvalue weighted by Gasteiger charge is -2.16. The van der Waals surface area contributed by atoms with Crippen molar-refractivity contribution in [3.05, 3.63) is 194 Å². The molecule has 0 saturated heterocycles. The van der Waals surface area contributed by atoms with Gasteiger partial charge in [0.15, 0.2) is 17.5 Å². The van der Waals surface area contributed by atoms with Crippen LogP contribution >= 0.6 is 0 Å². The first-order valence-electron chi connectivity index (χ1n) is 19.3. The molecule has 5 heteroatoms. The van der Waals surface area contributed by atoms with Crippen LogP contribution in [0.2, 0.25) is 0 Å². The lowest BCUT2D eigenvalue weighted by atomic mass is 9.88. The summed E-state index contributed by atoms with van der Waals surface area (Å²) >= 11 is 0. The summed E-state index contributed by atoms with van der Waals surface area (Å²) in [7, 11) is 0. The summed E-state index contributed by atoms with van der Waals surface area (Å²) < 4.78 is 0. The Morgan fingerprint density at radius 1 is 0.345 bits per heavy atom. The second-order valence-electron chi connectivity index (χ2n) is 14.6. The summed E-state index contributed by atoms with van der Waals surface area (Å²) in [5.41, 5.74) is 14.8. The minimum Gasteiger partial charge on any atom is -0.256 e. The molecule has 0 fully saturated rings. The van der Waals surface area contributed by atoms with Gasteiger partial charge in [-0.25, -0.2) is 15.0 Å². The highest BCUT2D eigenvalue weighted by Gasteiger charge is 2.25. The lowest BCUT2D eigenvalue weighted by Crippen LogP contribution is -2.00. The minimum atomic E-state index is 0.633. The highest BCUT2D eigenvalue weighted by atomic mass is 15.0. The zero-order chi connectivity index (χ0) is 38.6. The average Bonchev–Trinajstić information content (AvgIpc) is 3.63. The Morgan fingerprint density at radius 3 is 1.38 bits per heavy atom. The fourth-order valence-corrected chi connectivity index (χ4v) is 8.31. The maximum absolute atomic E-state index is 9.27. The third-order valence-electron chi connectivity index (χ3n) is 11.2. The highest BCUT2D eigenvalue weighted by Crippen LogP contribution is 2.52. The molecule has 58 heavy (non-hydrogen) atoms. The second-order valence-corrected chi connectivity index (χ2v) is 14.6. The van der Waals surface area contributed by atoms with Crippen molar-refractivity contribution in [2.45, 2.75) is 0 Å². The van der Waals surface area contributed by atoms with E-state index in [1.165, 1.54) is 38.6 Å². The van der Waals surface area contributed by atoms with E-state index in [0.29, 0.717) is 23.0 Å². The Balaban J connectivity index is 1.03. The smallest absolute Gasteiger partial charge is 0.164 e. The van der Waals surface area contributed by atoms with Crippen molar-refractivity contribution in [1.29, 1.82) is 5.26 Å². The molecule has 1 aliphatic carbocycles. The van der Waals surface area contributed by atoms with Gasteiger partial charge in [0.25, 0.3) is 0 Å². The molecule has 11 rings (SSSR count). The number of pyridine rings is 1. The summed E-state index contributed by atoms with van der Waals surface area (Å²) in [6.45, 7) is 0. The van der Waals surface area contributed by atoms with Crippen molar-refractivity contribution in [1.82, 2.24) is 19.9 Å². The first-order chi connectivity index (χ1) is 28.7. The van der Waals surface area contributed by atoms with E-state index in [0.717, 1.165) is 55.4 Å². The zero-order valence-electron chi connectivity index (χ0n) is 31.1. The predicted molar refractivity (Wildman–Crippen MR) is 234 cm³/mol. The third-order valence-corrected chi connectivity index (χ3v) is 11.2. The molecular formula is C53H31N5. The molecule has 268 valence electrons. The molecule has 0 aliphatic heterocycles. The molecule has 0 saturated carbocycles. The molecule has 0 bridgehead atoms. The van der Waals surface area contributed by atoms with Crippen molar-refractivity contribution >= 4 is 21.5 Å². The quantitative estimate of drug-likeness (QED) is 0.170. The second kappa shape index (κ2) is 13.6. The van der Waals surface area contributed by atoms with Crippen molar-refractivity contribution in [2.24, 2.45) is 0 Å². The molecule has 5 nitrogen and oxygen atoms in total. The van der Waals surface area contributed by atoms with Crippen molar-refractivity contribution in [3.8, 4) is 96.0 Å². The number of aromatic nitrogens is 4. The van der Waals surface area contributed by atoms with E-state index in [2.05, 4.69) is 103 Å². The molecular weight excluding hydrogens is 707 g/mol. The van der Waals surface area contributed by atoms with Gasteiger partial charge in [0.2, 0.25) is 0 Å². The summed E-state index contributed by atoms with van der Waals surface area (Å²) in [6, 6.07) is 65.1. The molecule has 0 atom stereocenters. The van der Waals surface area contributed by atoms with E-state index in [1.807, 2.05) is 91.1 Å². The standard InChI is InChI=1S/C53H31N5/c54-31-33-15-17-34(18-16-33)48-28-23-41(32-55-48)43-25-27-47-45-14-8-7-13-44(45)46-26-24-42(49(43)50(46)47)39-21-19-38-30-40(22-20-37(38)29-39)53-57-51(35-9-3-1-4-10-35)56-52(58-53)36-11-5-2-6-12-36/h1-30,32H. The van der Waals surface area contributed by atoms with Crippen LogP contribution in [-0.4, -0.2) is 19.9 Å². The molecule has 0 N–H and O–H groups in total. The van der Waals surface area contributed by atoms with Gasteiger partial charge in [-0.05, 0) is 90.8 Å². The first kappa shape index (κ1) is 33.3. The summed E-state index contributed by atoms with van der Waals surface area (Å²) in [6.07, 6.45) is 1.97. The van der Waals surface area contributed by atoms with E-state index in [1.54, 1.807) is 0 Å². The number of benzene rings is 8. The van der Waals surface area contributed by atoms with Gasteiger partial charge < -0.3 is 0 Å². The number of nitrogens with zero attached hydrogens (tertiary/aromatic N) is 5. The lowest BCUT2D eigenvalue weighted by molar-refractivity contribution is 1.07. The maximum Gasteiger partial charge on any atom is 0.164 e. The van der Waals surface area contributed by atoms with Crippen molar-refractivity contribution in [2.75, 3.05) is 0 Å². The Morgan fingerprint density at radius 2 is 0.810 bits per heavy atom. The summed E-state index contributed by atoms with van der Waals surface area (Å²) in [5, 5.41) is 14.0. The van der Waals surface area contributed by atoms with E-state index >= 15 is 0 Å². The number of rotatable bonds is 6. The van der Waals surface area contributed by atoms with E-state index in [4.69, 9.17) is 19.9 Å². The molecule has 2 aromatic heterocycles. The molecule has 0 amide bonds. The highest BCUT2D eigenvalue weighted by molar-refractivity contribution is 6.22. The molecule has 10 aromatic rings. The van der Waals surface area contributed by atoms with Gasteiger partial charge in [0.05, 0.1) is 17.3 Å². The van der Waals surface area contributed by atoms with E-state index in [9.17, 15) is 5.26 Å². The van der Waals surface area contributed by atoms with Crippen molar-refractivity contribution < 1.29 is 0 Å². The van der Waals surface area contributed by atoms with Crippen LogP contribution in [-0.2, 0) is 0 Å². The fraction of sp³-hybridized carbons (Fsp3) is 0. The largest absolute Gasteiger partial charge is 0.256 e. The number of hydrogen-bond donors (Lipinski definition) is 0. The van der Waals surface area contributed by atoms with Crippen LogP contribution in [0.25, 0.3) is 111 Å². The average molecular weight is 738 g/mol. The Bertz CT molecular complexity index is 3170. The monoisotopic (exact) mass is 737 g/mol. The van der Waals surface area contributed by atoms with E-state index < -0.39 is 0 Å². The Hall–Kier alpha value is -8.07. The van der Waals surface area contributed by atoms with E-state index in [-0.39, 0.29) is 0 Å². The van der Waals surface area contributed by atoms with Crippen LogP contribution in [0.3, 0.4) is 0 Å². The first-order valence-corrected chi connectivity index (χ1v) is 19.3. The normalized spacial score (nSPS) is 11.4. The van der Waals surface area contributed by atoms with Crippen molar-refractivity contribution in [3.63, 3.8) is 0 Å². The minimum absolute atomic E-state index is 0.633. The van der Waals surface area contributed by atoms with Gasteiger partial charge in [-0.15, -0.1) is 0 Å². The predicted octanol–water partition coefficient (Wildman–Crippen LogP) is 13.1. The van der Waals surface area contributed by atoms with Crippen LogP contribution in [0.4, 0.5) is 0 Å². The summed E-state index contributed by atoms with van der Waals surface area (Å²) in [4.78, 5) is 19.7. The van der Waals surface area contributed by atoms with Gasteiger partial charge in [-0.2, -0.15) is 5.26 Å². The SMILES string of the molecule is N#Cc1ccc(-c2ccc(-c3ccc4c5c(ccc(-c6ccc7cc(-c8nc(-c9ccccc9)nc(-c9ccccc9)n8)ccc7c6)c35)-c3ccccc3-4)cn2)cc1. The third kappa shape index (κ3) is 5.63. The molecule has 0 spiro atoms. The van der Waals surface area contributed by atoms with Gasteiger partial charge >= 0.3 is 0 Å². The fourth-order valence-electron chi connectivity index (χ4n) is 8.31. The molecule has 0 radical (unpaired) electrons. The van der Waals surface area contributed by atoms with Crippen LogP contribution in [0.15, 0.2) is 188 Å².